The van der Waals surface area contributed by atoms with E-state index in [-0.39, 0.29) is 0 Å². The van der Waals surface area contributed by atoms with Gasteiger partial charge in [-0.05, 0) is 0 Å². The van der Waals surface area contributed by atoms with Crippen molar-refractivity contribution in [2.24, 2.45) is 0 Å². The molecule has 1 atom stereocenters. The summed E-state index contributed by atoms with van der Waals surface area (Å²) < 4.78 is 4.60. The number of hydrogen-bond acceptors (Lipinski definition) is 5. The van der Waals surface area contributed by atoms with Crippen LogP contribution in [-0.2, 0) is 14.3 Å². The van der Waals surface area contributed by atoms with Crippen LogP contribution in [0, 0.1) is 0 Å². The fourth-order valence-corrected chi connectivity index (χ4v) is 1.39. The molecule has 0 radical (unpaired) electrons. The smallest absolute Gasteiger partial charge is 0.403 e. The Hall–Kier alpha value is -2.12. The highest BCUT2D eigenvalue weighted by molar-refractivity contribution is 6.23. The van der Waals surface area contributed by atoms with E-state index in [1.807, 2.05) is 5.32 Å². The predicted molar refractivity (Wildman–Crippen MR) is 43.3 cm³/mol. The zero-order valence-electron chi connectivity index (χ0n) is 7.94. The van der Waals surface area contributed by atoms with Gasteiger partial charge in [0.2, 0.25) is 0 Å². The number of nitrogens with zero attached hydrogens (tertiary/aromatic N) is 2. The van der Waals surface area contributed by atoms with Crippen LogP contribution in [0.1, 0.15) is 0 Å². The number of nitrogens with one attached hydrogen (secondary N) is 1. The number of ether oxygens (including phenoxy) is 1. The van der Waals surface area contributed by atoms with Crippen LogP contribution in [-0.4, -0.2) is 53.6 Å². The second-order valence-corrected chi connectivity index (χ2v) is 3.21. The van der Waals surface area contributed by atoms with Crippen LogP contribution in [0.15, 0.2) is 0 Å². The maximum atomic E-state index is 11.6. The standard InChI is InChI=1S/C7H7N3O5/c1-9-3(11)7(8-5(9)13)4(12)10(2)6(14)15-7/h1-2H3,(H,8,13). The molecule has 8 nitrogen and oxygen atoms in total. The Morgan fingerprint density at radius 3 is 1.93 bits per heavy atom. The number of likely N-dealkylation sites (N-methyl/N-ethyl adjacent to an activating group) is 2. The molecule has 2 aliphatic heterocycles. The Bertz CT molecular complexity index is 365. The summed E-state index contributed by atoms with van der Waals surface area (Å²) in [6.07, 6.45) is -0.969. The summed E-state index contributed by atoms with van der Waals surface area (Å²) in [5.74, 6) is -1.79. The Morgan fingerprint density at radius 1 is 1.07 bits per heavy atom. The molecular weight excluding hydrogens is 206 g/mol. The molecule has 0 aromatic heterocycles. The van der Waals surface area contributed by atoms with Gasteiger partial charge in [0.1, 0.15) is 0 Å². The quantitative estimate of drug-likeness (QED) is 0.389. The minimum atomic E-state index is -2.18. The van der Waals surface area contributed by atoms with Gasteiger partial charge >= 0.3 is 29.7 Å². The lowest BCUT2D eigenvalue weighted by Crippen LogP contribution is -2.54. The fourth-order valence-electron chi connectivity index (χ4n) is 1.39. The second-order valence-electron chi connectivity index (χ2n) is 3.21. The van der Waals surface area contributed by atoms with Crippen LogP contribution in [0.25, 0.3) is 0 Å². The van der Waals surface area contributed by atoms with Gasteiger partial charge in [-0.1, -0.05) is 0 Å². The van der Waals surface area contributed by atoms with Crippen molar-refractivity contribution in [1.82, 2.24) is 15.1 Å². The minimum absolute atomic E-state index is 0.636. The first kappa shape index (κ1) is 9.44. The molecule has 2 fully saturated rings. The molecule has 80 valence electrons. The molecule has 0 bridgehead atoms. The molecule has 1 N–H and O–H groups in total. The molecule has 2 aliphatic rings. The van der Waals surface area contributed by atoms with Gasteiger partial charge in [-0.3, -0.25) is 19.8 Å². The molecule has 1 unspecified atom stereocenters. The summed E-state index contributed by atoms with van der Waals surface area (Å²) in [6, 6.07) is -0.781. The third-order valence-electron chi connectivity index (χ3n) is 2.31. The summed E-state index contributed by atoms with van der Waals surface area (Å²) in [5.41, 5.74) is -2.18. The van der Waals surface area contributed by atoms with Gasteiger partial charge in [-0.2, -0.15) is 0 Å². The van der Waals surface area contributed by atoms with E-state index in [1.54, 1.807) is 0 Å². The van der Waals surface area contributed by atoms with E-state index >= 15 is 0 Å². The van der Waals surface area contributed by atoms with Crippen molar-refractivity contribution in [3.05, 3.63) is 0 Å². The number of carbonyl (C=O) groups is 4. The SMILES string of the molecule is CN1C(=O)NC2(OC(=O)N(C)C2=O)C1=O. The van der Waals surface area contributed by atoms with Gasteiger partial charge in [0, 0.05) is 14.1 Å². The first-order valence-corrected chi connectivity index (χ1v) is 4.01. The Kier molecular flexibility index (Phi) is 1.55. The molecule has 1 spiro atoms. The van der Waals surface area contributed by atoms with Crippen molar-refractivity contribution in [2.75, 3.05) is 14.1 Å². The van der Waals surface area contributed by atoms with Crippen molar-refractivity contribution in [2.45, 2.75) is 5.72 Å². The third kappa shape index (κ3) is 0.901. The predicted octanol–water partition coefficient (Wildman–Crippen LogP) is -1.53. The highest BCUT2D eigenvalue weighted by Crippen LogP contribution is 2.26. The Labute approximate surface area is 83.7 Å². The summed E-state index contributed by atoms with van der Waals surface area (Å²) in [7, 11) is 2.35. The zero-order chi connectivity index (χ0) is 11.4. The number of amides is 5. The van der Waals surface area contributed by atoms with E-state index < -0.39 is 29.7 Å². The highest BCUT2D eigenvalue weighted by Gasteiger charge is 2.65. The molecule has 0 aromatic carbocycles. The fraction of sp³-hybridized carbons (Fsp3) is 0.429. The van der Waals surface area contributed by atoms with Crippen molar-refractivity contribution < 1.29 is 23.9 Å². The van der Waals surface area contributed by atoms with E-state index in [1.165, 1.54) is 7.05 Å². The largest absolute Gasteiger partial charge is 0.419 e. The number of imide groups is 2. The summed E-state index contributed by atoms with van der Waals surface area (Å²) in [5, 5.41) is 2.04. The van der Waals surface area contributed by atoms with Gasteiger partial charge in [0.15, 0.2) is 0 Å². The number of carbonyl (C=O) groups excluding carboxylic acids is 4. The van der Waals surface area contributed by atoms with Crippen molar-refractivity contribution >= 4 is 23.9 Å². The van der Waals surface area contributed by atoms with E-state index in [0.29, 0.717) is 9.80 Å². The molecule has 0 saturated carbocycles. The number of hydrogen-bond donors (Lipinski definition) is 1. The van der Waals surface area contributed by atoms with Crippen LogP contribution in [0.2, 0.25) is 0 Å². The van der Waals surface area contributed by atoms with Gasteiger partial charge in [0.05, 0.1) is 0 Å². The van der Waals surface area contributed by atoms with E-state index in [9.17, 15) is 19.2 Å². The maximum absolute atomic E-state index is 11.6. The molecule has 8 heteroatoms. The lowest BCUT2D eigenvalue weighted by Gasteiger charge is -2.14. The van der Waals surface area contributed by atoms with Crippen LogP contribution in [0.4, 0.5) is 9.59 Å². The van der Waals surface area contributed by atoms with E-state index in [2.05, 4.69) is 4.74 Å². The maximum Gasteiger partial charge on any atom is 0.419 e. The van der Waals surface area contributed by atoms with E-state index in [4.69, 9.17) is 0 Å². The molecule has 0 aliphatic carbocycles. The third-order valence-corrected chi connectivity index (χ3v) is 2.31. The molecule has 2 saturated heterocycles. The molecule has 15 heavy (non-hydrogen) atoms. The summed E-state index contributed by atoms with van der Waals surface area (Å²) in [4.78, 5) is 46.6. The first-order chi connectivity index (χ1) is 6.90. The minimum Gasteiger partial charge on any atom is -0.403 e. The van der Waals surface area contributed by atoms with Gasteiger partial charge in [0.25, 0.3) is 0 Å². The van der Waals surface area contributed by atoms with Gasteiger partial charge in [-0.25, -0.2) is 14.5 Å². The lowest BCUT2D eigenvalue weighted by molar-refractivity contribution is -0.151. The Morgan fingerprint density at radius 2 is 1.60 bits per heavy atom. The van der Waals surface area contributed by atoms with Crippen LogP contribution >= 0.6 is 0 Å². The topological polar surface area (TPSA) is 96.0 Å². The van der Waals surface area contributed by atoms with Crippen molar-refractivity contribution in [1.29, 1.82) is 0 Å². The average Bonchev–Trinajstić information content (AvgIpc) is 2.53. The monoisotopic (exact) mass is 213 g/mol. The normalized spacial score (nSPS) is 30.3. The van der Waals surface area contributed by atoms with Gasteiger partial charge < -0.3 is 4.74 Å². The summed E-state index contributed by atoms with van der Waals surface area (Å²) >= 11 is 0. The number of urea groups is 1. The molecule has 0 aromatic rings. The highest BCUT2D eigenvalue weighted by atomic mass is 16.6. The molecule has 2 rings (SSSR count). The van der Waals surface area contributed by atoms with Gasteiger partial charge in [-0.15, -0.1) is 0 Å². The van der Waals surface area contributed by atoms with Crippen LogP contribution < -0.4 is 5.32 Å². The Balaban J connectivity index is 2.46. The van der Waals surface area contributed by atoms with Crippen molar-refractivity contribution in [3.8, 4) is 0 Å². The zero-order valence-corrected chi connectivity index (χ0v) is 7.94. The molecule has 2 heterocycles. The lowest BCUT2D eigenvalue weighted by atomic mass is 10.2. The number of rotatable bonds is 0. The summed E-state index contributed by atoms with van der Waals surface area (Å²) in [6.45, 7) is 0. The van der Waals surface area contributed by atoms with Crippen LogP contribution in [0.5, 0.6) is 0 Å². The van der Waals surface area contributed by atoms with Crippen LogP contribution in [0.3, 0.4) is 0 Å². The second kappa shape index (κ2) is 2.47. The van der Waals surface area contributed by atoms with Crippen molar-refractivity contribution in [3.63, 3.8) is 0 Å². The van der Waals surface area contributed by atoms with E-state index in [0.717, 1.165) is 7.05 Å². The first-order valence-electron chi connectivity index (χ1n) is 4.01. The average molecular weight is 213 g/mol. The molecule has 5 amide bonds. The molecular formula is C7H7N3O5.